The molecule has 0 spiro atoms. The molecule has 0 saturated heterocycles. The molecule has 1 aliphatic carbocycles. The Morgan fingerprint density at radius 2 is 1.95 bits per heavy atom. The highest BCUT2D eigenvalue weighted by Gasteiger charge is 2.24. The Bertz CT molecular complexity index is 535. The SMILES string of the molecule is S=C(NC1CC1)N[C@@H](c1ccccc1)c1ccco1. The molecule has 0 amide bonds. The molecular formula is C15H16N2OS. The number of rotatable bonds is 4. The molecule has 2 aromatic rings. The maximum Gasteiger partial charge on any atom is 0.167 e. The molecule has 98 valence electrons. The Hall–Kier alpha value is -1.81. The number of benzene rings is 1. The second-order valence-electron chi connectivity index (χ2n) is 4.75. The van der Waals surface area contributed by atoms with Crippen molar-refractivity contribution in [3.8, 4) is 0 Å². The average Bonchev–Trinajstić information content (AvgIpc) is 3.08. The van der Waals surface area contributed by atoms with Crippen LogP contribution in [0.15, 0.2) is 53.1 Å². The zero-order chi connectivity index (χ0) is 13.1. The Labute approximate surface area is 118 Å². The first-order valence-electron chi connectivity index (χ1n) is 6.48. The van der Waals surface area contributed by atoms with E-state index in [0.29, 0.717) is 11.2 Å². The molecule has 0 radical (unpaired) electrons. The number of nitrogens with one attached hydrogen (secondary N) is 2. The highest BCUT2D eigenvalue weighted by molar-refractivity contribution is 7.80. The minimum absolute atomic E-state index is 0.0463. The lowest BCUT2D eigenvalue weighted by molar-refractivity contribution is 0.474. The molecule has 1 heterocycles. The van der Waals surface area contributed by atoms with Crippen LogP contribution < -0.4 is 10.6 Å². The van der Waals surface area contributed by atoms with Crippen LogP contribution in [0, 0.1) is 0 Å². The van der Waals surface area contributed by atoms with Gasteiger partial charge in [0.05, 0.1) is 6.26 Å². The van der Waals surface area contributed by atoms with Crippen LogP contribution in [0.25, 0.3) is 0 Å². The molecule has 19 heavy (non-hydrogen) atoms. The standard InChI is InChI=1S/C15H16N2OS/c19-15(16-12-8-9-12)17-14(13-7-4-10-18-13)11-5-2-1-3-6-11/h1-7,10,12,14H,8-9H2,(H2,16,17,19)/t14-/m0/s1. The van der Waals surface area contributed by atoms with E-state index in [1.54, 1.807) is 6.26 Å². The van der Waals surface area contributed by atoms with Crippen LogP contribution in [0.3, 0.4) is 0 Å². The molecule has 3 rings (SSSR count). The van der Waals surface area contributed by atoms with Crippen molar-refractivity contribution < 1.29 is 4.42 Å². The van der Waals surface area contributed by atoms with Gasteiger partial charge in [-0.15, -0.1) is 0 Å². The fraction of sp³-hybridized carbons (Fsp3) is 0.267. The summed E-state index contributed by atoms with van der Waals surface area (Å²) in [5.74, 6) is 0.867. The largest absolute Gasteiger partial charge is 0.467 e. The second-order valence-corrected chi connectivity index (χ2v) is 5.16. The molecule has 1 aliphatic rings. The molecule has 0 unspecified atom stereocenters. The first kappa shape index (κ1) is 12.2. The van der Waals surface area contributed by atoms with Gasteiger partial charge in [-0.3, -0.25) is 0 Å². The van der Waals surface area contributed by atoms with E-state index < -0.39 is 0 Å². The van der Waals surface area contributed by atoms with Gasteiger partial charge in [0.2, 0.25) is 0 Å². The van der Waals surface area contributed by atoms with E-state index in [1.165, 1.54) is 12.8 Å². The van der Waals surface area contributed by atoms with E-state index in [9.17, 15) is 0 Å². The molecule has 1 aromatic heterocycles. The van der Waals surface area contributed by atoms with E-state index in [0.717, 1.165) is 11.3 Å². The van der Waals surface area contributed by atoms with Crippen LogP contribution in [0.1, 0.15) is 30.2 Å². The molecule has 4 heteroatoms. The molecular weight excluding hydrogens is 256 g/mol. The third-order valence-corrected chi connectivity index (χ3v) is 3.38. The van der Waals surface area contributed by atoms with Gasteiger partial charge < -0.3 is 15.1 Å². The number of hydrogen-bond donors (Lipinski definition) is 2. The molecule has 2 N–H and O–H groups in total. The summed E-state index contributed by atoms with van der Waals surface area (Å²) >= 11 is 5.36. The Balaban J connectivity index is 1.78. The third-order valence-electron chi connectivity index (χ3n) is 3.15. The monoisotopic (exact) mass is 272 g/mol. The van der Waals surface area contributed by atoms with Crippen molar-refractivity contribution in [3.63, 3.8) is 0 Å². The summed E-state index contributed by atoms with van der Waals surface area (Å²) in [6.07, 6.45) is 4.10. The molecule has 0 aliphatic heterocycles. The van der Waals surface area contributed by atoms with Crippen LogP contribution >= 0.6 is 12.2 Å². The first-order valence-corrected chi connectivity index (χ1v) is 6.89. The molecule has 0 bridgehead atoms. The van der Waals surface area contributed by atoms with Crippen LogP contribution in [0.5, 0.6) is 0 Å². The molecule has 1 saturated carbocycles. The Kier molecular flexibility index (Phi) is 3.51. The minimum Gasteiger partial charge on any atom is -0.467 e. The number of hydrogen-bond acceptors (Lipinski definition) is 2. The molecule has 3 nitrogen and oxygen atoms in total. The van der Waals surface area contributed by atoms with Gasteiger partial charge in [0.25, 0.3) is 0 Å². The summed E-state index contributed by atoms with van der Waals surface area (Å²) in [5, 5.41) is 7.32. The van der Waals surface area contributed by atoms with Gasteiger partial charge in [0.1, 0.15) is 11.8 Å². The van der Waals surface area contributed by atoms with E-state index in [1.807, 2.05) is 30.3 Å². The van der Waals surface area contributed by atoms with Gasteiger partial charge in [-0.1, -0.05) is 30.3 Å². The van der Waals surface area contributed by atoms with E-state index in [4.69, 9.17) is 16.6 Å². The summed E-state index contributed by atoms with van der Waals surface area (Å²) in [4.78, 5) is 0. The summed E-state index contributed by atoms with van der Waals surface area (Å²) in [7, 11) is 0. The van der Waals surface area contributed by atoms with Crippen molar-refractivity contribution in [2.75, 3.05) is 0 Å². The summed E-state index contributed by atoms with van der Waals surface area (Å²) in [6.45, 7) is 0. The van der Waals surface area contributed by atoms with Crippen LogP contribution in [-0.2, 0) is 0 Å². The normalized spacial score (nSPS) is 15.8. The lowest BCUT2D eigenvalue weighted by Gasteiger charge is -2.19. The maximum absolute atomic E-state index is 5.52. The van der Waals surface area contributed by atoms with Crippen LogP contribution in [-0.4, -0.2) is 11.2 Å². The minimum atomic E-state index is -0.0463. The zero-order valence-electron chi connectivity index (χ0n) is 10.5. The van der Waals surface area contributed by atoms with Crippen molar-refractivity contribution in [3.05, 3.63) is 60.1 Å². The predicted octanol–water partition coefficient (Wildman–Crippen LogP) is 3.00. The van der Waals surface area contributed by atoms with E-state index in [-0.39, 0.29) is 6.04 Å². The fourth-order valence-corrected chi connectivity index (χ4v) is 2.29. The van der Waals surface area contributed by atoms with Crippen LogP contribution in [0.4, 0.5) is 0 Å². The second kappa shape index (κ2) is 5.45. The van der Waals surface area contributed by atoms with Gasteiger partial charge in [0.15, 0.2) is 5.11 Å². The summed E-state index contributed by atoms with van der Waals surface area (Å²) in [5.41, 5.74) is 1.14. The van der Waals surface area contributed by atoms with Gasteiger partial charge in [-0.2, -0.15) is 0 Å². The highest BCUT2D eigenvalue weighted by atomic mass is 32.1. The molecule has 1 fully saturated rings. The van der Waals surface area contributed by atoms with Gasteiger partial charge in [-0.25, -0.2) is 0 Å². The maximum atomic E-state index is 5.52. The smallest absolute Gasteiger partial charge is 0.167 e. The zero-order valence-corrected chi connectivity index (χ0v) is 11.3. The number of furan rings is 1. The third kappa shape index (κ3) is 3.15. The summed E-state index contributed by atoms with van der Waals surface area (Å²) < 4.78 is 5.52. The van der Waals surface area contributed by atoms with Crippen LogP contribution in [0.2, 0.25) is 0 Å². The summed E-state index contributed by atoms with van der Waals surface area (Å²) in [6, 6.07) is 14.5. The fourth-order valence-electron chi connectivity index (χ4n) is 2.01. The Morgan fingerprint density at radius 1 is 1.16 bits per heavy atom. The van der Waals surface area contributed by atoms with Crippen molar-refractivity contribution in [2.24, 2.45) is 0 Å². The predicted molar refractivity (Wildman–Crippen MR) is 78.9 cm³/mol. The quantitative estimate of drug-likeness (QED) is 0.839. The van der Waals surface area contributed by atoms with Gasteiger partial charge in [-0.05, 0) is 42.8 Å². The first-order chi connectivity index (χ1) is 9.33. The number of thiocarbonyl (C=S) groups is 1. The van der Waals surface area contributed by atoms with Crippen molar-refractivity contribution >= 4 is 17.3 Å². The van der Waals surface area contributed by atoms with Crippen molar-refractivity contribution in [1.29, 1.82) is 0 Å². The molecule has 1 atom stereocenters. The van der Waals surface area contributed by atoms with Crippen molar-refractivity contribution in [1.82, 2.24) is 10.6 Å². The topological polar surface area (TPSA) is 37.2 Å². The molecule has 1 aromatic carbocycles. The van der Waals surface area contributed by atoms with Gasteiger partial charge >= 0.3 is 0 Å². The Morgan fingerprint density at radius 3 is 2.58 bits per heavy atom. The van der Waals surface area contributed by atoms with E-state index >= 15 is 0 Å². The van der Waals surface area contributed by atoms with Crippen molar-refractivity contribution in [2.45, 2.75) is 24.9 Å². The highest BCUT2D eigenvalue weighted by Crippen LogP contribution is 2.23. The van der Waals surface area contributed by atoms with E-state index in [2.05, 4.69) is 22.8 Å². The van der Waals surface area contributed by atoms with Gasteiger partial charge in [0, 0.05) is 6.04 Å². The lowest BCUT2D eigenvalue weighted by Crippen LogP contribution is -2.39. The lowest BCUT2D eigenvalue weighted by atomic mass is 10.1. The average molecular weight is 272 g/mol.